The molecule has 0 aromatic heterocycles. The Hall–Kier alpha value is -1.55. The standard InChI is InChI=1S/C12H15N3O/c13-7-9-1-3-10(4-2-9)15-11(16)14-8-12(15)5-6-12/h1-4H,5-8,13H2,(H,14,16). The second-order valence-electron chi connectivity index (χ2n) is 4.59. The molecule has 0 radical (unpaired) electrons. The van der Waals surface area contributed by atoms with Gasteiger partial charge in [-0.2, -0.15) is 0 Å². The molecule has 3 N–H and O–H groups in total. The monoisotopic (exact) mass is 217 g/mol. The second kappa shape index (κ2) is 3.22. The van der Waals surface area contributed by atoms with Crippen molar-refractivity contribution in [2.75, 3.05) is 11.4 Å². The van der Waals surface area contributed by atoms with Crippen molar-refractivity contribution in [3.05, 3.63) is 29.8 Å². The topological polar surface area (TPSA) is 58.4 Å². The lowest BCUT2D eigenvalue weighted by molar-refractivity contribution is 0.251. The minimum atomic E-state index is 0.0259. The summed E-state index contributed by atoms with van der Waals surface area (Å²) in [6.07, 6.45) is 2.20. The third kappa shape index (κ3) is 1.30. The maximum Gasteiger partial charge on any atom is 0.322 e. The minimum absolute atomic E-state index is 0.0259. The van der Waals surface area contributed by atoms with Gasteiger partial charge in [-0.15, -0.1) is 0 Å². The Labute approximate surface area is 94.4 Å². The van der Waals surface area contributed by atoms with Gasteiger partial charge in [-0.25, -0.2) is 4.79 Å². The molecule has 1 saturated carbocycles. The molecule has 3 rings (SSSR count). The first-order valence-electron chi connectivity index (χ1n) is 5.62. The molecule has 0 unspecified atom stereocenters. The first-order valence-corrected chi connectivity index (χ1v) is 5.62. The number of carbonyl (C=O) groups is 1. The average Bonchev–Trinajstić information content (AvgIpc) is 3.01. The summed E-state index contributed by atoms with van der Waals surface area (Å²) in [7, 11) is 0. The van der Waals surface area contributed by atoms with Crippen LogP contribution in [0.4, 0.5) is 10.5 Å². The zero-order chi connectivity index (χ0) is 11.2. The largest absolute Gasteiger partial charge is 0.335 e. The molecule has 4 nitrogen and oxygen atoms in total. The molecule has 16 heavy (non-hydrogen) atoms. The molecule has 1 spiro atoms. The van der Waals surface area contributed by atoms with E-state index in [1.54, 1.807) is 0 Å². The van der Waals surface area contributed by atoms with Crippen molar-refractivity contribution in [2.45, 2.75) is 24.9 Å². The normalized spacial score (nSPS) is 21.3. The Morgan fingerprint density at radius 1 is 1.31 bits per heavy atom. The van der Waals surface area contributed by atoms with Gasteiger partial charge < -0.3 is 11.1 Å². The van der Waals surface area contributed by atoms with Crippen LogP contribution in [0.1, 0.15) is 18.4 Å². The summed E-state index contributed by atoms with van der Waals surface area (Å²) in [6, 6.07) is 7.95. The van der Waals surface area contributed by atoms with Crippen molar-refractivity contribution in [2.24, 2.45) is 5.73 Å². The van der Waals surface area contributed by atoms with E-state index in [2.05, 4.69) is 5.32 Å². The zero-order valence-corrected chi connectivity index (χ0v) is 9.07. The fourth-order valence-electron chi connectivity index (χ4n) is 2.33. The lowest BCUT2D eigenvalue weighted by Gasteiger charge is -2.22. The van der Waals surface area contributed by atoms with Gasteiger partial charge in [-0.1, -0.05) is 12.1 Å². The fourth-order valence-corrected chi connectivity index (χ4v) is 2.33. The van der Waals surface area contributed by atoms with Crippen LogP contribution in [-0.4, -0.2) is 18.1 Å². The molecule has 1 aromatic rings. The van der Waals surface area contributed by atoms with E-state index in [9.17, 15) is 4.79 Å². The van der Waals surface area contributed by atoms with Crippen LogP contribution in [0, 0.1) is 0 Å². The van der Waals surface area contributed by atoms with Crippen molar-refractivity contribution in [1.82, 2.24) is 5.32 Å². The predicted molar refractivity (Wildman–Crippen MR) is 62.2 cm³/mol. The third-order valence-corrected chi connectivity index (χ3v) is 3.50. The molecule has 1 aromatic carbocycles. The van der Waals surface area contributed by atoms with E-state index >= 15 is 0 Å². The van der Waals surface area contributed by atoms with Crippen LogP contribution in [0.2, 0.25) is 0 Å². The summed E-state index contributed by atoms with van der Waals surface area (Å²) in [4.78, 5) is 13.7. The zero-order valence-electron chi connectivity index (χ0n) is 9.07. The molecular weight excluding hydrogens is 202 g/mol. The Morgan fingerprint density at radius 2 is 2.00 bits per heavy atom. The molecule has 0 atom stereocenters. The van der Waals surface area contributed by atoms with Crippen molar-refractivity contribution >= 4 is 11.7 Å². The van der Waals surface area contributed by atoms with Crippen LogP contribution in [0.15, 0.2) is 24.3 Å². The first-order chi connectivity index (χ1) is 7.75. The molecule has 0 bridgehead atoms. The molecule has 1 aliphatic heterocycles. The van der Waals surface area contributed by atoms with Crippen molar-refractivity contribution in [3.8, 4) is 0 Å². The van der Waals surface area contributed by atoms with Crippen molar-refractivity contribution < 1.29 is 4.79 Å². The summed E-state index contributed by atoms with van der Waals surface area (Å²) >= 11 is 0. The van der Waals surface area contributed by atoms with E-state index in [0.29, 0.717) is 6.54 Å². The lowest BCUT2D eigenvalue weighted by atomic mass is 10.1. The summed E-state index contributed by atoms with van der Waals surface area (Å²) in [5.74, 6) is 0. The van der Waals surface area contributed by atoms with Gasteiger partial charge in [-0.3, -0.25) is 4.90 Å². The number of rotatable bonds is 2. The van der Waals surface area contributed by atoms with Crippen molar-refractivity contribution in [1.29, 1.82) is 0 Å². The fraction of sp³-hybridized carbons (Fsp3) is 0.417. The Bertz CT molecular complexity index is 422. The molecular formula is C12H15N3O. The Morgan fingerprint density at radius 3 is 2.56 bits per heavy atom. The van der Waals surface area contributed by atoms with Gasteiger partial charge in [0, 0.05) is 18.8 Å². The van der Waals surface area contributed by atoms with E-state index in [-0.39, 0.29) is 11.6 Å². The number of carbonyl (C=O) groups excluding carboxylic acids is 1. The molecule has 1 aliphatic carbocycles. The van der Waals surface area contributed by atoms with Crippen LogP contribution in [0.3, 0.4) is 0 Å². The summed E-state index contributed by atoms with van der Waals surface area (Å²) in [5.41, 5.74) is 7.69. The molecule has 2 amide bonds. The van der Waals surface area contributed by atoms with Crippen molar-refractivity contribution in [3.63, 3.8) is 0 Å². The number of nitrogens with two attached hydrogens (primary N) is 1. The highest BCUT2D eigenvalue weighted by Crippen LogP contribution is 2.46. The highest BCUT2D eigenvalue weighted by Gasteiger charge is 2.55. The van der Waals surface area contributed by atoms with Crippen LogP contribution in [-0.2, 0) is 6.54 Å². The second-order valence-corrected chi connectivity index (χ2v) is 4.59. The molecule has 2 fully saturated rings. The predicted octanol–water partition coefficient (Wildman–Crippen LogP) is 1.21. The Balaban J connectivity index is 1.93. The van der Waals surface area contributed by atoms with Crippen LogP contribution in [0.5, 0.6) is 0 Å². The number of nitrogens with zero attached hydrogens (tertiary/aromatic N) is 1. The quantitative estimate of drug-likeness (QED) is 0.782. The van der Waals surface area contributed by atoms with E-state index < -0.39 is 0 Å². The van der Waals surface area contributed by atoms with E-state index in [0.717, 1.165) is 30.6 Å². The smallest absolute Gasteiger partial charge is 0.322 e. The number of urea groups is 1. The summed E-state index contributed by atoms with van der Waals surface area (Å²) < 4.78 is 0. The highest BCUT2D eigenvalue weighted by atomic mass is 16.2. The molecule has 1 saturated heterocycles. The average molecular weight is 217 g/mol. The Kier molecular flexibility index (Phi) is 1.94. The van der Waals surface area contributed by atoms with Gasteiger partial charge in [0.15, 0.2) is 0 Å². The number of benzene rings is 1. The number of hydrogen-bond acceptors (Lipinski definition) is 2. The summed E-state index contributed by atoms with van der Waals surface area (Å²) in [5, 5.41) is 2.91. The van der Waals surface area contributed by atoms with Gasteiger partial charge in [0.1, 0.15) is 0 Å². The van der Waals surface area contributed by atoms with Gasteiger partial charge >= 0.3 is 6.03 Å². The van der Waals surface area contributed by atoms with E-state index in [1.165, 1.54) is 0 Å². The van der Waals surface area contributed by atoms with Gasteiger partial charge in [0.2, 0.25) is 0 Å². The van der Waals surface area contributed by atoms with E-state index in [1.807, 2.05) is 29.2 Å². The first kappa shape index (κ1) is 9.66. The van der Waals surface area contributed by atoms with Crippen LogP contribution >= 0.6 is 0 Å². The summed E-state index contributed by atoms with van der Waals surface area (Å²) in [6.45, 7) is 1.32. The van der Waals surface area contributed by atoms with Gasteiger partial charge in [-0.05, 0) is 30.5 Å². The van der Waals surface area contributed by atoms with Gasteiger partial charge in [0.05, 0.1) is 5.54 Å². The molecule has 84 valence electrons. The minimum Gasteiger partial charge on any atom is -0.335 e. The maximum absolute atomic E-state index is 11.8. The SMILES string of the molecule is NCc1ccc(N2C(=O)NCC23CC3)cc1. The number of anilines is 1. The maximum atomic E-state index is 11.8. The van der Waals surface area contributed by atoms with Crippen LogP contribution in [0.25, 0.3) is 0 Å². The number of nitrogens with one attached hydrogen (secondary N) is 1. The lowest BCUT2D eigenvalue weighted by Crippen LogP contribution is -2.35. The van der Waals surface area contributed by atoms with Crippen LogP contribution < -0.4 is 16.0 Å². The third-order valence-electron chi connectivity index (χ3n) is 3.50. The number of hydrogen-bond donors (Lipinski definition) is 2. The molecule has 1 heterocycles. The highest BCUT2D eigenvalue weighted by molar-refractivity contribution is 5.97. The van der Waals surface area contributed by atoms with E-state index in [4.69, 9.17) is 5.73 Å². The molecule has 2 aliphatic rings. The number of amides is 2. The van der Waals surface area contributed by atoms with Gasteiger partial charge in [0.25, 0.3) is 0 Å². The molecule has 4 heteroatoms.